The van der Waals surface area contributed by atoms with E-state index in [1.54, 1.807) is 0 Å². The molecule has 2 heterocycles. The second-order valence-electron chi connectivity index (χ2n) is 3.51. The summed E-state index contributed by atoms with van der Waals surface area (Å²) in [7, 11) is 0. The van der Waals surface area contributed by atoms with Gasteiger partial charge in [0, 0.05) is 12.4 Å². The Morgan fingerprint density at radius 2 is 2.41 bits per heavy atom. The molecule has 0 spiro atoms. The highest BCUT2D eigenvalue weighted by molar-refractivity contribution is 9.10. The summed E-state index contributed by atoms with van der Waals surface area (Å²) in [4.78, 5) is 18.0. The molecule has 17 heavy (non-hydrogen) atoms. The molecule has 0 saturated carbocycles. The number of carbonyl (C=O) groups is 1. The molecule has 90 valence electrons. The fraction of sp³-hybridized carbons (Fsp3) is 0.200. The summed E-state index contributed by atoms with van der Waals surface area (Å²) in [6.45, 7) is 1.33. The summed E-state index contributed by atoms with van der Waals surface area (Å²) < 4.78 is 14.0. The summed E-state index contributed by atoms with van der Waals surface area (Å²) in [5.74, 6) is -1.12. The Morgan fingerprint density at radius 3 is 3.06 bits per heavy atom. The molecule has 0 aliphatic carbocycles. The minimum atomic E-state index is -1.16. The largest absolute Gasteiger partial charge is 0.384 e. The van der Waals surface area contributed by atoms with Crippen molar-refractivity contribution in [2.45, 2.75) is 13.0 Å². The minimum absolute atomic E-state index is 0.174. The van der Waals surface area contributed by atoms with Gasteiger partial charge in [-0.05, 0) is 22.9 Å². The molecule has 0 saturated heterocycles. The van der Waals surface area contributed by atoms with E-state index in [9.17, 15) is 9.18 Å². The van der Waals surface area contributed by atoms with E-state index in [-0.39, 0.29) is 15.5 Å². The van der Waals surface area contributed by atoms with Crippen molar-refractivity contribution < 1.29 is 14.3 Å². The number of amides is 1. The summed E-state index contributed by atoms with van der Waals surface area (Å²) in [5.41, 5.74) is 0.573. The first-order valence-electron chi connectivity index (χ1n) is 4.80. The van der Waals surface area contributed by atoms with Gasteiger partial charge in [0.05, 0.1) is 15.5 Å². The standard InChI is InChI=1S/C10H9BrFN3O2/c1-4(16)10(17)15-6-3-14-9-7(6)8(12)5(11)2-13-9/h2-4,16H,1H3,(H,13,14)(H,15,17)/t4-/m0/s1. The highest BCUT2D eigenvalue weighted by Crippen LogP contribution is 2.28. The lowest BCUT2D eigenvalue weighted by atomic mass is 10.3. The van der Waals surface area contributed by atoms with E-state index in [1.807, 2.05) is 0 Å². The summed E-state index contributed by atoms with van der Waals surface area (Å²) in [5, 5.41) is 11.7. The smallest absolute Gasteiger partial charge is 0.252 e. The van der Waals surface area contributed by atoms with Gasteiger partial charge >= 0.3 is 0 Å². The van der Waals surface area contributed by atoms with Crippen molar-refractivity contribution in [2.75, 3.05) is 5.32 Å². The van der Waals surface area contributed by atoms with E-state index in [0.29, 0.717) is 5.65 Å². The van der Waals surface area contributed by atoms with Crippen LogP contribution in [0.2, 0.25) is 0 Å². The van der Waals surface area contributed by atoms with Crippen LogP contribution < -0.4 is 5.32 Å². The maximum Gasteiger partial charge on any atom is 0.252 e. The number of nitrogens with one attached hydrogen (secondary N) is 2. The van der Waals surface area contributed by atoms with Crippen LogP contribution in [0.25, 0.3) is 11.0 Å². The van der Waals surface area contributed by atoms with Crippen LogP contribution in [0.15, 0.2) is 16.9 Å². The topological polar surface area (TPSA) is 78.0 Å². The molecule has 0 aromatic carbocycles. The van der Waals surface area contributed by atoms with E-state index >= 15 is 0 Å². The zero-order chi connectivity index (χ0) is 12.6. The normalized spacial score (nSPS) is 12.7. The number of aliphatic hydroxyl groups is 1. The molecule has 2 rings (SSSR count). The second kappa shape index (κ2) is 4.42. The molecule has 0 fully saturated rings. The van der Waals surface area contributed by atoms with E-state index in [1.165, 1.54) is 19.3 Å². The molecule has 2 aromatic heterocycles. The molecule has 3 N–H and O–H groups in total. The van der Waals surface area contributed by atoms with Crippen molar-refractivity contribution in [3.63, 3.8) is 0 Å². The van der Waals surface area contributed by atoms with Crippen LogP contribution in [0.1, 0.15) is 6.92 Å². The van der Waals surface area contributed by atoms with Gasteiger partial charge in [0.25, 0.3) is 5.91 Å². The SMILES string of the molecule is C[C@H](O)C(=O)Nc1c[nH]c2ncc(Br)c(F)c12. The first-order valence-corrected chi connectivity index (χ1v) is 5.60. The predicted octanol–water partition coefficient (Wildman–Crippen LogP) is 1.78. The van der Waals surface area contributed by atoms with Gasteiger partial charge in [0.1, 0.15) is 11.8 Å². The molecular weight excluding hydrogens is 293 g/mol. The van der Waals surface area contributed by atoms with Gasteiger partial charge in [0.2, 0.25) is 0 Å². The Labute approximate surface area is 104 Å². The van der Waals surface area contributed by atoms with Gasteiger partial charge in [0.15, 0.2) is 5.82 Å². The van der Waals surface area contributed by atoms with Gasteiger partial charge < -0.3 is 15.4 Å². The molecule has 1 atom stereocenters. The van der Waals surface area contributed by atoms with Crippen LogP contribution in [0.3, 0.4) is 0 Å². The molecule has 0 bridgehead atoms. The van der Waals surface area contributed by atoms with Crippen LogP contribution in [0.4, 0.5) is 10.1 Å². The lowest BCUT2D eigenvalue weighted by Crippen LogP contribution is -2.24. The number of carbonyl (C=O) groups excluding carboxylic acids is 1. The molecule has 0 unspecified atom stereocenters. The Morgan fingerprint density at radius 1 is 1.71 bits per heavy atom. The number of rotatable bonds is 2. The quantitative estimate of drug-likeness (QED) is 0.791. The summed E-state index contributed by atoms with van der Waals surface area (Å²) in [6, 6.07) is 0. The third-order valence-corrected chi connectivity index (χ3v) is 2.79. The molecule has 0 radical (unpaired) electrons. The van der Waals surface area contributed by atoms with Crippen LogP contribution in [-0.4, -0.2) is 27.1 Å². The number of anilines is 1. The van der Waals surface area contributed by atoms with Crippen LogP contribution >= 0.6 is 15.9 Å². The molecule has 0 aliphatic rings. The molecule has 7 heteroatoms. The number of halogens is 2. The predicted molar refractivity (Wildman–Crippen MR) is 64.1 cm³/mol. The molecule has 1 amide bonds. The maximum absolute atomic E-state index is 13.8. The summed E-state index contributed by atoms with van der Waals surface area (Å²) in [6.07, 6.45) is 1.59. The lowest BCUT2D eigenvalue weighted by Gasteiger charge is -2.06. The number of fused-ring (bicyclic) bond motifs is 1. The third kappa shape index (κ3) is 2.16. The number of aromatic nitrogens is 2. The Hall–Kier alpha value is -1.47. The monoisotopic (exact) mass is 301 g/mol. The Bertz CT molecular complexity index is 582. The molecule has 2 aromatic rings. The number of aliphatic hydroxyl groups excluding tert-OH is 1. The van der Waals surface area contributed by atoms with Gasteiger partial charge in [-0.15, -0.1) is 0 Å². The number of H-pyrrole nitrogens is 1. The first-order chi connectivity index (χ1) is 8.00. The van der Waals surface area contributed by atoms with Crippen molar-refractivity contribution in [2.24, 2.45) is 0 Å². The maximum atomic E-state index is 13.8. The molecule has 5 nitrogen and oxygen atoms in total. The van der Waals surface area contributed by atoms with Crippen molar-refractivity contribution in [1.82, 2.24) is 9.97 Å². The third-order valence-electron chi connectivity index (χ3n) is 2.23. The van der Waals surface area contributed by atoms with Gasteiger partial charge in [-0.2, -0.15) is 0 Å². The van der Waals surface area contributed by atoms with Crippen LogP contribution in [-0.2, 0) is 4.79 Å². The van der Waals surface area contributed by atoms with Crippen molar-refractivity contribution in [1.29, 1.82) is 0 Å². The second-order valence-corrected chi connectivity index (χ2v) is 4.37. The first kappa shape index (κ1) is 12.0. The Balaban J connectivity index is 2.48. The van der Waals surface area contributed by atoms with E-state index < -0.39 is 17.8 Å². The Kier molecular flexibility index (Phi) is 3.12. The van der Waals surface area contributed by atoms with Crippen molar-refractivity contribution in [3.05, 3.63) is 22.7 Å². The average Bonchev–Trinajstić information content (AvgIpc) is 2.67. The number of aromatic amines is 1. The van der Waals surface area contributed by atoms with Crippen LogP contribution in [0, 0.1) is 5.82 Å². The number of pyridine rings is 1. The van der Waals surface area contributed by atoms with E-state index in [2.05, 4.69) is 31.2 Å². The van der Waals surface area contributed by atoms with Gasteiger partial charge in [-0.25, -0.2) is 9.37 Å². The van der Waals surface area contributed by atoms with Crippen LogP contribution in [0.5, 0.6) is 0 Å². The highest BCUT2D eigenvalue weighted by atomic mass is 79.9. The van der Waals surface area contributed by atoms with Crippen molar-refractivity contribution >= 4 is 38.6 Å². The number of hydrogen-bond donors (Lipinski definition) is 3. The fourth-order valence-corrected chi connectivity index (χ4v) is 1.67. The fourth-order valence-electron chi connectivity index (χ4n) is 1.37. The zero-order valence-electron chi connectivity index (χ0n) is 8.79. The van der Waals surface area contributed by atoms with Gasteiger partial charge in [-0.1, -0.05) is 0 Å². The molecular formula is C10H9BrFN3O2. The number of nitrogens with zero attached hydrogens (tertiary/aromatic N) is 1. The summed E-state index contributed by atoms with van der Waals surface area (Å²) >= 11 is 3.02. The van der Waals surface area contributed by atoms with Gasteiger partial charge in [-0.3, -0.25) is 4.79 Å². The zero-order valence-corrected chi connectivity index (χ0v) is 10.4. The average molecular weight is 302 g/mol. The minimum Gasteiger partial charge on any atom is -0.384 e. The van der Waals surface area contributed by atoms with E-state index in [0.717, 1.165) is 0 Å². The number of hydrogen-bond acceptors (Lipinski definition) is 3. The van der Waals surface area contributed by atoms with Crippen molar-refractivity contribution in [3.8, 4) is 0 Å². The lowest BCUT2D eigenvalue weighted by molar-refractivity contribution is -0.123. The van der Waals surface area contributed by atoms with E-state index in [4.69, 9.17) is 5.11 Å². The molecule has 0 aliphatic heterocycles. The highest BCUT2D eigenvalue weighted by Gasteiger charge is 2.16.